The highest BCUT2D eigenvalue weighted by Gasteiger charge is 2.49. The van der Waals surface area contributed by atoms with E-state index in [-0.39, 0.29) is 29.8 Å². The molecule has 3 rings (SSSR count). The van der Waals surface area contributed by atoms with Crippen molar-refractivity contribution >= 4 is 28.2 Å². The summed E-state index contributed by atoms with van der Waals surface area (Å²) in [6.45, 7) is 5.53. The van der Waals surface area contributed by atoms with Gasteiger partial charge in [0.15, 0.2) is 14.6 Å². The van der Waals surface area contributed by atoms with Crippen LogP contribution in [0.3, 0.4) is 0 Å². The molecule has 146 valence electrons. The zero-order chi connectivity index (χ0) is 18.3. The monoisotopic (exact) mass is 400 g/mol. The lowest BCUT2D eigenvalue weighted by molar-refractivity contribution is -0.125. The van der Waals surface area contributed by atoms with E-state index in [1.165, 1.54) is 11.8 Å². The average Bonchev–Trinajstić information content (AvgIpc) is 2.57. The van der Waals surface area contributed by atoms with Crippen LogP contribution in [0.5, 0.6) is 0 Å². The number of benzene rings is 1. The van der Waals surface area contributed by atoms with E-state index in [2.05, 4.69) is 36.6 Å². The number of fused-ring (bicyclic) bond motifs is 1. The molecule has 1 aromatic carbocycles. The highest BCUT2D eigenvalue weighted by atomic mass is 35.5. The van der Waals surface area contributed by atoms with Gasteiger partial charge in [-0.2, -0.15) is 0 Å². The van der Waals surface area contributed by atoms with E-state index in [0.717, 1.165) is 18.4 Å². The van der Waals surface area contributed by atoms with Gasteiger partial charge in [-0.3, -0.25) is 4.79 Å². The minimum atomic E-state index is -3.49. The van der Waals surface area contributed by atoms with Gasteiger partial charge in [-0.1, -0.05) is 38.1 Å². The molecule has 1 aliphatic carbocycles. The smallest absolute Gasteiger partial charge is 0.242 e. The van der Waals surface area contributed by atoms with Crippen molar-refractivity contribution in [2.45, 2.75) is 55.7 Å². The van der Waals surface area contributed by atoms with Gasteiger partial charge in [0.25, 0.3) is 0 Å². The molecule has 1 unspecified atom stereocenters. The van der Waals surface area contributed by atoms with Crippen molar-refractivity contribution in [1.29, 1.82) is 0 Å². The Morgan fingerprint density at radius 3 is 2.38 bits per heavy atom. The third-order valence-corrected chi connectivity index (χ3v) is 7.98. The molecule has 0 bridgehead atoms. The van der Waals surface area contributed by atoms with E-state index in [1.54, 1.807) is 0 Å². The van der Waals surface area contributed by atoms with Crippen LogP contribution >= 0.6 is 12.4 Å². The van der Waals surface area contributed by atoms with Gasteiger partial charge >= 0.3 is 0 Å². The Morgan fingerprint density at radius 1 is 1.15 bits per heavy atom. The van der Waals surface area contributed by atoms with Crippen LogP contribution in [0, 0.1) is 0 Å². The van der Waals surface area contributed by atoms with E-state index < -0.39 is 14.6 Å². The molecule has 0 saturated carbocycles. The Balaban J connectivity index is 0.00000243. The average molecular weight is 401 g/mol. The van der Waals surface area contributed by atoms with Gasteiger partial charge in [0.1, 0.15) is 0 Å². The number of hydrogen-bond donors (Lipinski definition) is 2. The third-order valence-electron chi connectivity index (χ3n) is 5.96. The number of halogens is 1. The molecule has 5 nitrogen and oxygen atoms in total. The number of sulfone groups is 1. The van der Waals surface area contributed by atoms with Gasteiger partial charge in [0.2, 0.25) is 5.91 Å². The summed E-state index contributed by atoms with van der Waals surface area (Å²) in [5, 5.41) is 6.24. The van der Waals surface area contributed by atoms with E-state index in [9.17, 15) is 13.2 Å². The van der Waals surface area contributed by atoms with Crippen molar-refractivity contribution in [1.82, 2.24) is 10.6 Å². The molecule has 0 radical (unpaired) electrons. The number of carbonyl (C=O) groups is 1. The largest absolute Gasteiger partial charge is 0.348 e. The van der Waals surface area contributed by atoms with Crippen molar-refractivity contribution in [2.24, 2.45) is 0 Å². The number of hydrogen-bond acceptors (Lipinski definition) is 4. The zero-order valence-electron chi connectivity index (χ0n) is 15.7. The Labute approximate surface area is 162 Å². The number of piperidine rings is 1. The highest BCUT2D eigenvalue weighted by molar-refractivity contribution is 7.92. The van der Waals surface area contributed by atoms with Crippen molar-refractivity contribution in [2.75, 3.05) is 19.3 Å². The lowest BCUT2D eigenvalue weighted by Gasteiger charge is -2.40. The summed E-state index contributed by atoms with van der Waals surface area (Å²) in [6.07, 6.45) is 3.64. The second-order valence-electron chi connectivity index (χ2n) is 8.05. The SMILES string of the molecule is CC1(C)CCC(NC(=O)C2(S(C)(=O)=O)CCNCC2)c2ccccc21.Cl. The second-order valence-corrected chi connectivity index (χ2v) is 10.4. The maximum Gasteiger partial charge on any atom is 0.242 e. The fourth-order valence-corrected chi connectivity index (χ4v) is 5.59. The van der Waals surface area contributed by atoms with Crippen LogP contribution in [0.2, 0.25) is 0 Å². The van der Waals surface area contributed by atoms with Crippen LogP contribution in [0.1, 0.15) is 56.7 Å². The number of nitrogens with one attached hydrogen (secondary N) is 2. The summed E-state index contributed by atoms with van der Waals surface area (Å²) >= 11 is 0. The summed E-state index contributed by atoms with van der Waals surface area (Å²) in [7, 11) is -3.49. The summed E-state index contributed by atoms with van der Waals surface area (Å²) in [6, 6.07) is 8.05. The van der Waals surface area contributed by atoms with Gasteiger partial charge in [0.05, 0.1) is 6.04 Å². The van der Waals surface area contributed by atoms with Gasteiger partial charge in [-0.05, 0) is 55.3 Å². The van der Waals surface area contributed by atoms with Crippen molar-refractivity contribution < 1.29 is 13.2 Å². The summed E-state index contributed by atoms with van der Waals surface area (Å²) in [5.41, 5.74) is 2.43. The maximum atomic E-state index is 13.1. The minimum Gasteiger partial charge on any atom is -0.348 e. The first kappa shape index (κ1) is 21.2. The van der Waals surface area contributed by atoms with Crippen molar-refractivity contribution in [3.05, 3.63) is 35.4 Å². The molecular formula is C19H29ClN2O3S. The van der Waals surface area contributed by atoms with E-state index >= 15 is 0 Å². The topological polar surface area (TPSA) is 75.3 Å². The first-order valence-electron chi connectivity index (χ1n) is 8.98. The van der Waals surface area contributed by atoms with Crippen LogP contribution in [-0.4, -0.2) is 38.4 Å². The maximum absolute atomic E-state index is 13.1. The molecule has 2 aliphatic rings. The minimum absolute atomic E-state index is 0. The van der Waals surface area contributed by atoms with E-state index in [4.69, 9.17) is 0 Å². The molecule has 1 heterocycles. The van der Waals surface area contributed by atoms with Crippen LogP contribution in [-0.2, 0) is 20.0 Å². The standard InChI is InChI=1S/C19H28N2O3S.ClH/c1-18(2)9-8-16(14-6-4-5-7-15(14)18)21-17(22)19(25(3,23)24)10-12-20-13-11-19;/h4-7,16,20H,8-13H2,1-3H3,(H,21,22);1H. The molecule has 0 aromatic heterocycles. The van der Waals surface area contributed by atoms with Crippen LogP contribution in [0.15, 0.2) is 24.3 Å². The normalized spacial score (nSPS) is 24.0. The Kier molecular flexibility index (Phi) is 6.10. The Bertz CT molecular complexity index is 771. The summed E-state index contributed by atoms with van der Waals surface area (Å²) in [4.78, 5) is 13.1. The molecule has 1 aliphatic heterocycles. The van der Waals surface area contributed by atoms with Gasteiger partial charge in [0, 0.05) is 6.26 Å². The molecule has 2 N–H and O–H groups in total. The first-order chi connectivity index (χ1) is 11.7. The predicted octanol–water partition coefficient (Wildman–Crippen LogP) is 2.50. The molecule has 1 saturated heterocycles. The Hall–Kier alpha value is -1.11. The number of amides is 1. The summed E-state index contributed by atoms with van der Waals surface area (Å²) in [5.74, 6) is -0.337. The lowest BCUT2D eigenvalue weighted by Crippen LogP contribution is -2.58. The fraction of sp³-hybridized carbons (Fsp3) is 0.632. The van der Waals surface area contributed by atoms with Crippen LogP contribution < -0.4 is 10.6 Å². The molecular weight excluding hydrogens is 372 g/mol. The van der Waals surface area contributed by atoms with Crippen molar-refractivity contribution in [3.63, 3.8) is 0 Å². The first-order valence-corrected chi connectivity index (χ1v) is 10.9. The molecule has 1 atom stereocenters. The lowest BCUT2D eigenvalue weighted by atomic mass is 9.71. The van der Waals surface area contributed by atoms with Crippen molar-refractivity contribution in [3.8, 4) is 0 Å². The predicted molar refractivity (Wildman–Crippen MR) is 107 cm³/mol. The zero-order valence-corrected chi connectivity index (χ0v) is 17.3. The quantitative estimate of drug-likeness (QED) is 0.817. The molecule has 7 heteroatoms. The third kappa shape index (κ3) is 3.64. The molecule has 1 fully saturated rings. The molecule has 26 heavy (non-hydrogen) atoms. The Morgan fingerprint density at radius 2 is 1.77 bits per heavy atom. The fourth-order valence-electron chi connectivity index (χ4n) is 4.25. The van der Waals surface area contributed by atoms with Gasteiger partial charge in [-0.15, -0.1) is 12.4 Å². The second kappa shape index (κ2) is 7.49. The van der Waals surface area contributed by atoms with Gasteiger partial charge < -0.3 is 10.6 Å². The summed E-state index contributed by atoms with van der Waals surface area (Å²) < 4.78 is 23.6. The van der Waals surface area contributed by atoms with Crippen LogP contribution in [0.4, 0.5) is 0 Å². The molecule has 1 amide bonds. The van der Waals surface area contributed by atoms with E-state index in [0.29, 0.717) is 25.9 Å². The molecule has 1 aromatic rings. The number of carbonyl (C=O) groups excluding carboxylic acids is 1. The highest BCUT2D eigenvalue weighted by Crippen LogP contribution is 2.42. The van der Waals surface area contributed by atoms with Gasteiger partial charge in [-0.25, -0.2) is 8.42 Å². The van der Waals surface area contributed by atoms with Crippen LogP contribution in [0.25, 0.3) is 0 Å². The number of rotatable bonds is 3. The molecule has 0 spiro atoms. The van der Waals surface area contributed by atoms with E-state index in [1.807, 2.05) is 12.1 Å².